The molecule has 0 amide bonds. The van der Waals surface area contributed by atoms with Crippen molar-refractivity contribution in [3.63, 3.8) is 0 Å². The van der Waals surface area contributed by atoms with E-state index >= 15 is 0 Å². The van der Waals surface area contributed by atoms with E-state index in [4.69, 9.17) is 28.8 Å². The second-order valence-corrected chi connectivity index (χ2v) is 11.2. The van der Waals surface area contributed by atoms with Crippen molar-refractivity contribution in [1.82, 2.24) is 9.55 Å². The third-order valence-electron chi connectivity index (χ3n) is 6.75. The van der Waals surface area contributed by atoms with Crippen molar-refractivity contribution < 1.29 is 32.4 Å². The van der Waals surface area contributed by atoms with Gasteiger partial charge in [-0.15, -0.1) is 0 Å². The number of hydrogen-bond acceptors (Lipinski definition) is 10. The zero-order chi connectivity index (χ0) is 25.9. The molecule has 13 heteroatoms. The lowest BCUT2D eigenvalue weighted by Gasteiger charge is -2.33. The number of phosphoric ester groups is 1. The molecule has 2 aliphatic heterocycles. The summed E-state index contributed by atoms with van der Waals surface area (Å²) in [5, 5.41) is 0. The highest BCUT2D eigenvalue weighted by molar-refractivity contribution is 7.48. The Morgan fingerprint density at radius 3 is 2.61 bits per heavy atom. The van der Waals surface area contributed by atoms with Crippen molar-refractivity contribution in [2.24, 2.45) is 5.73 Å². The molecule has 2 saturated heterocycles. The van der Waals surface area contributed by atoms with Gasteiger partial charge >= 0.3 is 19.5 Å². The molecule has 1 aromatic carbocycles. The Labute approximate surface area is 206 Å². The molecule has 3 aliphatic rings. The fourth-order valence-corrected chi connectivity index (χ4v) is 6.78. The molecular formula is C23H28N3O9P. The van der Waals surface area contributed by atoms with E-state index in [0.29, 0.717) is 0 Å². The molecule has 3 N–H and O–H groups in total. The van der Waals surface area contributed by atoms with Gasteiger partial charge in [0.2, 0.25) is 0 Å². The van der Waals surface area contributed by atoms with E-state index in [1.807, 2.05) is 30.3 Å². The molecule has 3 heterocycles. The summed E-state index contributed by atoms with van der Waals surface area (Å²) >= 11 is 0. The smallest absolute Gasteiger partial charge is 0.463 e. The predicted octanol–water partition coefficient (Wildman–Crippen LogP) is 1.57. The molecule has 36 heavy (non-hydrogen) atoms. The zero-order valence-corrected chi connectivity index (χ0v) is 20.9. The number of aromatic amines is 1. The molecule has 0 bridgehead atoms. The Balaban J connectivity index is 1.28. The summed E-state index contributed by atoms with van der Waals surface area (Å²) in [7, 11) is -4.04. The standard InChI is InChI=1S/C23H28N3O9P/c1-13(2)32-19(28)15(14-7-5-4-6-8-14)10-12-31-36(30)34-18-17-23(18,35-36)22(3,24)20(33-17)26-11-9-16(27)25-21(26)29/h4-9,11,13,15,17-18,20H,10,12,24H2,1-3H3,(H,25,27,29)/t15?,17-,18?,20-,22+,23+,36+/m1/s1. The molecule has 3 fully saturated rings. The SMILES string of the molecule is CC(C)OC(=O)C(CCO[P@@]1(=O)OC2[C@H]3O[C@@H](n4ccc(=O)[nH]c4=O)[C@](C)(N)[C@@]23O1)c1ccccc1. The molecule has 12 nitrogen and oxygen atoms in total. The number of ether oxygens (including phenoxy) is 2. The van der Waals surface area contributed by atoms with Gasteiger partial charge in [-0.2, -0.15) is 0 Å². The zero-order valence-electron chi connectivity index (χ0n) is 20.0. The van der Waals surface area contributed by atoms with E-state index in [1.165, 1.54) is 12.3 Å². The van der Waals surface area contributed by atoms with Crippen LogP contribution in [-0.2, 0) is 32.4 Å². The van der Waals surface area contributed by atoms with Gasteiger partial charge in [0.15, 0.2) is 11.8 Å². The number of phosphoric acid groups is 1. The number of H-pyrrole nitrogens is 1. The molecule has 2 aromatic rings. The van der Waals surface area contributed by atoms with Crippen LogP contribution in [0.5, 0.6) is 0 Å². The molecule has 1 saturated carbocycles. The number of nitrogens with one attached hydrogen (secondary N) is 1. The average molecular weight is 521 g/mol. The minimum Gasteiger partial charge on any atom is -0.463 e. The maximum Gasteiger partial charge on any atom is 0.476 e. The van der Waals surface area contributed by atoms with Crippen LogP contribution < -0.4 is 17.0 Å². The molecule has 2 unspecified atom stereocenters. The van der Waals surface area contributed by atoms with E-state index in [0.717, 1.165) is 10.1 Å². The Kier molecular flexibility index (Phi) is 6.10. The molecule has 5 rings (SSSR count). The van der Waals surface area contributed by atoms with E-state index in [1.54, 1.807) is 20.8 Å². The lowest BCUT2D eigenvalue weighted by Crippen LogP contribution is -2.57. The Hall–Kier alpha value is -2.60. The monoisotopic (exact) mass is 521 g/mol. The highest BCUT2D eigenvalue weighted by atomic mass is 31.2. The second kappa shape index (κ2) is 8.76. The minimum atomic E-state index is -4.04. The van der Waals surface area contributed by atoms with E-state index in [9.17, 15) is 18.9 Å². The average Bonchev–Trinajstić information content (AvgIpc) is 3.13. The van der Waals surface area contributed by atoms with Crippen LogP contribution in [0.4, 0.5) is 0 Å². The number of nitrogens with zero attached hydrogens (tertiary/aromatic N) is 1. The summed E-state index contributed by atoms with van der Waals surface area (Å²) in [6, 6.07) is 10.3. The third-order valence-corrected chi connectivity index (χ3v) is 8.26. The summed E-state index contributed by atoms with van der Waals surface area (Å²) in [6.45, 7) is 5.02. The van der Waals surface area contributed by atoms with E-state index in [2.05, 4.69) is 4.98 Å². The van der Waals surface area contributed by atoms with Crippen LogP contribution in [0.15, 0.2) is 52.2 Å². The van der Waals surface area contributed by atoms with Crippen molar-refractivity contribution in [2.45, 2.75) is 68.8 Å². The Morgan fingerprint density at radius 1 is 1.22 bits per heavy atom. The van der Waals surface area contributed by atoms with E-state index in [-0.39, 0.29) is 19.1 Å². The van der Waals surface area contributed by atoms with Crippen LogP contribution in [0.2, 0.25) is 0 Å². The summed E-state index contributed by atoms with van der Waals surface area (Å²) in [5.74, 6) is -1.05. The Bertz CT molecular complexity index is 1320. The van der Waals surface area contributed by atoms with Crippen molar-refractivity contribution in [2.75, 3.05) is 6.61 Å². The fraction of sp³-hybridized carbons (Fsp3) is 0.522. The third kappa shape index (κ3) is 3.98. The van der Waals surface area contributed by atoms with Gasteiger partial charge in [-0.05, 0) is 32.8 Å². The lowest BCUT2D eigenvalue weighted by molar-refractivity contribution is -0.149. The van der Waals surface area contributed by atoms with Gasteiger partial charge in [-0.1, -0.05) is 30.3 Å². The number of hydrogen-bond donors (Lipinski definition) is 2. The molecule has 194 valence electrons. The van der Waals surface area contributed by atoms with Crippen LogP contribution in [0.25, 0.3) is 0 Å². The maximum absolute atomic E-state index is 13.3. The minimum absolute atomic E-state index is 0.109. The fourth-order valence-electron chi connectivity index (χ4n) is 4.97. The number of esters is 1. The first-order valence-corrected chi connectivity index (χ1v) is 13.1. The van der Waals surface area contributed by atoms with Gasteiger partial charge in [0.25, 0.3) is 5.56 Å². The summed E-state index contributed by atoms with van der Waals surface area (Å²) in [4.78, 5) is 38.5. The summed E-state index contributed by atoms with van der Waals surface area (Å²) < 4.78 is 42.7. The maximum atomic E-state index is 13.3. The highest BCUT2D eigenvalue weighted by Crippen LogP contribution is 2.77. The quantitative estimate of drug-likeness (QED) is 0.385. The summed E-state index contributed by atoms with van der Waals surface area (Å²) in [6.07, 6.45) is -1.24. The van der Waals surface area contributed by atoms with Crippen molar-refractivity contribution in [3.05, 3.63) is 69.0 Å². The Morgan fingerprint density at radius 2 is 1.94 bits per heavy atom. The van der Waals surface area contributed by atoms with Gasteiger partial charge in [-0.25, -0.2) is 9.36 Å². The molecule has 1 spiro atoms. The van der Waals surface area contributed by atoms with Crippen LogP contribution in [0.1, 0.15) is 44.9 Å². The van der Waals surface area contributed by atoms with Gasteiger partial charge in [0.1, 0.15) is 12.2 Å². The molecule has 7 atom stereocenters. The molecule has 0 radical (unpaired) electrons. The van der Waals surface area contributed by atoms with Crippen LogP contribution in [-0.4, -0.2) is 51.6 Å². The number of carbonyl (C=O) groups is 1. The van der Waals surface area contributed by atoms with Gasteiger partial charge in [0.05, 0.1) is 24.2 Å². The van der Waals surface area contributed by atoms with Crippen molar-refractivity contribution >= 4 is 13.8 Å². The van der Waals surface area contributed by atoms with Crippen molar-refractivity contribution in [1.29, 1.82) is 0 Å². The van der Waals surface area contributed by atoms with E-state index < -0.39 is 60.5 Å². The predicted molar refractivity (Wildman–Crippen MR) is 125 cm³/mol. The van der Waals surface area contributed by atoms with Gasteiger partial charge in [-0.3, -0.25) is 32.7 Å². The normalized spacial score (nSPS) is 35.3. The topological polar surface area (TPSA) is 161 Å². The number of nitrogens with two attached hydrogens (primary N) is 1. The van der Waals surface area contributed by atoms with Crippen LogP contribution >= 0.6 is 7.82 Å². The molecular weight excluding hydrogens is 493 g/mol. The first kappa shape index (κ1) is 25.1. The lowest BCUT2D eigenvalue weighted by atomic mass is 9.92. The van der Waals surface area contributed by atoms with Crippen LogP contribution in [0, 0.1) is 0 Å². The number of rotatable bonds is 8. The largest absolute Gasteiger partial charge is 0.476 e. The first-order chi connectivity index (χ1) is 17.0. The van der Waals surface area contributed by atoms with Gasteiger partial charge < -0.3 is 15.2 Å². The number of benzene rings is 1. The molecule has 1 aromatic heterocycles. The number of aromatic nitrogens is 2. The number of fused-ring (bicyclic) bond motifs is 1. The number of carbonyl (C=O) groups excluding carboxylic acids is 1. The second-order valence-electron chi connectivity index (χ2n) is 9.64. The van der Waals surface area contributed by atoms with Crippen molar-refractivity contribution in [3.8, 4) is 0 Å². The van der Waals surface area contributed by atoms with Crippen LogP contribution in [0.3, 0.4) is 0 Å². The summed E-state index contributed by atoms with van der Waals surface area (Å²) in [5.41, 5.74) is 3.42. The molecule has 1 aliphatic carbocycles. The highest BCUT2D eigenvalue weighted by Gasteiger charge is 2.89. The first-order valence-electron chi connectivity index (χ1n) is 11.6. The van der Waals surface area contributed by atoms with Gasteiger partial charge in [0, 0.05) is 12.3 Å².